The zero-order chi connectivity index (χ0) is 14.7. The molecule has 0 aliphatic rings. The van der Waals surface area contributed by atoms with Crippen molar-refractivity contribution in [1.29, 1.82) is 0 Å². The summed E-state index contributed by atoms with van der Waals surface area (Å²) in [6, 6.07) is 15.3. The Balaban J connectivity index is 1.99. The number of hydrogen-bond acceptors (Lipinski definition) is 2. The predicted molar refractivity (Wildman–Crippen MR) is 88.5 cm³/mol. The van der Waals surface area contributed by atoms with Crippen molar-refractivity contribution in [2.24, 2.45) is 0 Å². The Morgan fingerprint density at radius 1 is 1.05 bits per heavy atom. The summed E-state index contributed by atoms with van der Waals surface area (Å²) < 4.78 is 2.37. The number of nitrogens with zero attached hydrogens (tertiary/aromatic N) is 1. The van der Waals surface area contributed by atoms with E-state index in [2.05, 4.69) is 59.3 Å². The highest BCUT2D eigenvalue weighted by atomic mass is 16.3. The lowest BCUT2D eigenvalue weighted by Gasteiger charge is -2.06. The lowest BCUT2D eigenvalue weighted by molar-refractivity contribution is 0.286. The van der Waals surface area contributed by atoms with Crippen molar-refractivity contribution in [3.05, 3.63) is 48.0 Å². The molecular weight excluding hydrogens is 260 g/mol. The van der Waals surface area contributed by atoms with Gasteiger partial charge in [0.1, 0.15) is 0 Å². The molecule has 0 radical (unpaired) electrons. The summed E-state index contributed by atoms with van der Waals surface area (Å²) in [6.07, 6.45) is 0.803. The average molecular weight is 282 g/mol. The van der Waals surface area contributed by atoms with Gasteiger partial charge >= 0.3 is 0 Å². The highest BCUT2D eigenvalue weighted by molar-refractivity contribution is 6.08. The van der Waals surface area contributed by atoms with Crippen LogP contribution in [0.15, 0.2) is 42.5 Å². The lowest BCUT2D eigenvalue weighted by Crippen LogP contribution is -2.15. The van der Waals surface area contributed by atoms with Crippen molar-refractivity contribution in [3.63, 3.8) is 0 Å². The van der Waals surface area contributed by atoms with Crippen LogP contribution in [0.1, 0.15) is 18.9 Å². The van der Waals surface area contributed by atoms with Crippen LogP contribution in [0, 0.1) is 0 Å². The summed E-state index contributed by atoms with van der Waals surface area (Å²) >= 11 is 0. The van der Waals surface area contributed by atoms with Crippen LogP contribution < -0.4 is 5.32 Å². The fraction of sp³-hybridized carbons (Fsp3) is 0.333. The molecule has 3 rings (SSSR count). The first-order valence-corrected chi connectivity index (χ1v) is 7.66. The number of nitrogens with one attached hydrogen (secondary N) is 1. The second-order valence-corrected chi connectivity index (χ2v) is 5.37. The second kappa shape index (κ2) is 6.29. The number of fused-ring (bicyclic) bond motifs is 3. The molecule has 1 aromatic heterocycles. The number of aromatic nitrogens is 1. The molecule has 3 heteroatoms. The van der Waals surface area contributed by atoms with Gasteiger partial charge in [0.2, 0.25) is 0 Å². The van der Waals surface area contributed by atoms with Gasteiger partial charge in [0.15, 0.2) is 0 Å². The molecule has 0 atom stereocenters. The summed E-state index contributed by atoms with van der Waals surface area (Å²) in [5.41, 5.74) is 3.90. The Morgan fingerprint density at radius 3 is 2.67 bits per heavy atom. The number of rotatable bonds is 6. The van der Waals surface area contributed by atoms with Crippen molar-refractivity contribution in [2.75, 3.05) is 13.2 Å². The number of para-hydroxylation sites is 1. The summed E-state index contributed by atoms with van der Waals surface area (Å²) in [7, 11) is 0. The maximum absolute atomic E-state index is 8.81. The summed E-state index contributed by atoms with van der Waals surface area (Å²) in [5, 5.41) is 14.8. The van der Waals surface area contributed by atoms with Gasteiger partial charge in [-0.2, -0.15) is 0 Å². The predicted octanol–water partition coefficient (Wildman–Crippen LogP) is 3.29. The molecule has 0 fully saturated rings. The Hall–Kier alpha value is -1.84. The number of aliphatic hydroxyl groups is 1. The van der Waals surface area contributed by atoms with E-state index in [0.29, 0.717) is 0 Å². The van der Waals surface area contributed by atoms with E-state index in [0.717, 1.165) is 26.1 Å². The van der Waals surface area contributed by atoms with Gasteiger partial charge in [-0.25, -0.2) is 0 Å². The molecule has 0 aliphatic carbocycles. The highest BCUT2D eigenvalue weighted by Gasteiger charge is 2.09. The van der Waals surface area contributed by atoms with Crippen LogP contribution in [-0.2, 0) is 13.1 Å². The Morgan fingerprint density at radius 2 is 1.86 bits per heavy atom. The van der Waals surface area contributed by atoms with E-state index in [1.165, 1.54) is 27.4 Å². The largest absolute Gasteiger partial charge is 0.396 e. The van der Waals surface area contributed by atoms with Crippen LogP contribution >= 0.6 is 0 Å². The van der Waals surface area contributed by atoms with Crippen LogP contribution in [0.3, 0.4) is 0 Å². The fourth-order valence-corrected chi connectivity index (χ4v) is 2.99. The van der Waals surface area contributed by atoms with Gasteiger partial charge in [0.05, 0.1) is 0 Å². The maximum atomic E-state index is 8.81. The number of aliphatic hydroxyl groups excluding tert-OH is 1. The molecule has 3 aromatic rings. The van der Waals surface area contributed by atoms with E-state index in [1.54, 1.807) is 0 Å². The number of benzene rings is 2. The number of aryl methyl sites for hydroxylation is 1. The monoisotopic (exact) mass is 282 g/mol. The van der Waals surface area contributed by atoms with E-state index in [-0.39, 0.29) is 6.61 Å². The van der Waals surface area contributed by atoms with E-state index in [1.807, 2.05) is 0 Å². The molecule has 110 valence electrons. The molecule has 2 aromatic carbocycles. The third-order valence-electron chi connectivity index (χ3n) is 3.99. The van der Waals surface area contributed by atoms with Crippen LogP contribution in [0.2, 0.25) is 0 Å². The van der Waals surface area contributed by atoms with E-state index in [9.17, 15) is 0 Å². The molecule has 2 N–H and O–H groups in total. The van der Waals surface area contributed by atoms with Gasteiger partial charge in [0, 0.05) is 41.5 Å². The zero-order valence-electron chi connectivity index (χ0n) is 12.5. The molecular formula is C18H22N2O. The smallest absolute Gasteiger partial charge is 0.0491 e. The molecule has 0 bridgehead atoms. The zero-order valence-corrected chi connectivity index (χ0v) is 12.5. The van der Waals surface area contributed by atoms with Gasteiger partial charge in [-0.15, -0.1) is 0 Å². The normalized spacial score (nSPS) is 11.5. The van der Waals surface area contributed by atoms with Gasteiger partial charge in [0.25, 0.3) is 0 Å². The quantitative estimate of drug-likeness (QED) is 0.681. The first-order valence-electron chi connectivity index (χ1n) is 7.66. The fourth-order valence-electron chi connectivity index (χ4n) is 2.99. The van der Waals surface area contributed by atoms with Crippen LogP contribution in [-0.4, -0.2) is 22.8 Å². The molecule has 0 saturated carbocycles. The molecule has 0 unspecified atom stereocenters. The van der Waals surface area contributed by atoms with E-state index >= 15 is 0 Å². The molecule has 1 heterocycles. The molecule has 0 spiro atoms. The minimum Gasteiger partial charge on any atom is -0.396 e. The van der Waals surface area contributed by atoms with Crippen molar-refractivity contribution in [2.45, 2.75) is 26.4 Å². The Bertz CT molecular complexity index is 745. The topological polar surface area (TPSA) is 37.2 Å². The second-order valence-electron chi connectivity index (χ2n) is 5.37. The minimum absolute atomic E-state index is 0.246. The molecule has 0 amide bonds. The molecule has 3 nitrogen and oxygen atoms in total. The third kappa shape index (κ3) is 2.67. The standard InChI is InChI=1S/C18H22N2O/c1-2-20-17-7-4-3-6-15(17)16-12-14(8-9-18(16)20)13-19-10-5-11-21/h3-4,6-9,12,19,21H,2,5,10-11,13H2,1H3. The SMILES string of the molecule is CCn1c2ccccc2c2cc(CNCCCO)ccc21. The van der Waals surface area contributed by atoms with E-state index in [4.69, 9.17) is 5.11 Å². The van der Waals surface area contributed by atoms with Gasteiger partial charge in [-0.05, 0) is 43.7 Å². The van der Waals surface area contributed by atoms with Crippen molar-refractivity contribution in [3.8, 4) is 0 Å². The summed E-state index contributed by atoms with van der Waals surface area (Å²) in [6.45, 7) is 5.12. The minimum atomic E-state index is 0.246. The van der Waals surface area contributed by atoms with Crippen molar-refractivity contribution in [1.82, 2.24) is 9.88 Å². The lowest BCUT2D eigenvalue weighted by atomic mass is 10.1. The first-order chi connectivity index (χ1) is 10.3. The van der Waals surface area contributed by atoms with Gasteiger partial charge < -0.3 is 15.0 Å². The molecule has 21 heavy (non-hydrogen) atoms. The average Bonchev–Trinajstić information content (AvgIpc) is 2.85. The van der Waals surface area contributed by atoms with Gasteiger partial charge in [-0.1, -0.05) is 24.3 Å². The van der Waals surface area contributed by atoms with Crippen molar-refractivity contribution >= 4 is 21.8 Å². The Kier molecular flexibility index (Phi) is 4.23. The summed E-state index contributed by atoms with van der Waals surface area (Å²) in [4.78, 5) is 0. The van der Waals surface area contributed by atoms with Crippen molar-refractivity contribution < 1.29 is 5.11 Å². The first kappa shape index (κ1) is 14.1. The molecule has 0 saturated heterocycles. The third-order valence-corrected chi connectivity index (χ3v) is 3.99. The number of hydrogen-bond donors (Lipinski definition) is 2. The van der Waals surface area contributed by atoms with Crippen LogP contribution in [0.5, 0.6) is 0 Å². The molecule has 0 aliphatic heterocycles. The Labute approximate surface area is 125 Å². The van der Waals surface area contributed by atoms with Gasteiger partial charge in [-0.3, -0.25) is 0 Å². The maximum Gasteiger partial charge on any atom is 0.0491 e. The summed E-state index contributed by atoms with van der Waals surface area (Å²) in [5.74, 6) is 0. The van der Waals surface area contributed by atoms with Crippen LogP contribution in [0.25, 0.3) is 21.8 Å². The van der Waals surface area contributed by atoms with Crippen LogP contribution in [0.4, 0.5) is 0 Å². The van der Waals surface area contributed by atoms with E-state index < -0.39 is 0 Å². The highest BCUT2D eigenvalue weighted by Crippen LogP contribution is 2.29.